The molecule has 0 radical (unpaired) electrons. The molecule has 0 aliphatic carbocycles. The Morgan fingerprint density at radius 2 is 1.90 bits per heavy atom. The van der Waals surface area contributed by atoms with Crippen molar-refractivity contribution in [2.45, 2.75) is 18.8 Å². The monoisotopic (exact) mass is 282 g/mol. The van der Waals surface area contributed by atoms with Crippen LogP contribution in [0.3, 0.4) is 0 Å². The van der Waals surface area contributed by atoms with Crippen molar-refractivity contribution in [2.24, 2.45) is 0 Å². The van der Waals surface area contributed by atoms with E-state index in [1.165, 1.54) is 24.0 Å². The molecule has 2 heterocycles. The topological polar surface area (TPSA) is 41.1 Å². The Balaban J connectivity index is 1.94. The van der Waals surface area contributed by atoms with Gasteiger partial charge in [-0.1, -0.05) is 24.3 Å². The summed E-state index contributed by atoms with van der Waals surface area (Å²) in [4.78, 5) is 10.8. The second-order valence-corrected chi connectivity index (χ2v) is 5.80. The number of piperidine rings is 1. The van der Waals surface area contributed by atoms with Gasteiger partial charge in [-0.2, -0.15) is 0 Å². The van der Waals surface area contributed by atoms with Crippen LogP contribution in [0.2, 0.25) is 0 Å². The van der Waals surface area contributed by atoms with Crippen LogP contribution >= 0.6 is 0 Å². The Bertz CT molecular complexity index is 586. The van der Waals surface area contributed by atoms with Crippen molar-refractivity contribution in [2.75, 3.05) is 32.1 Å². The number of hydrogen-bond acceptors (Lipinski definition) is 4. The summed E-state index contributed by atoms with van der Waals surface area (Å²) < 4.78 is 0. The van der Waals surface area contributed by atoms with E-state index in [0.29, 0.717) is 5.92 Å². The standard InChI is InChI=1S/C17H22N4/c1-21(2)17-19-11-14(12-20-17)16-8-4-3-7-15(16)13-6-5-9-18-10-13/h3-4,7-8,11-13,18H,5-6,9-10H2,1-2H3. The molecule has 1 atom stereocenters. The van der Waals surface area contributed by atoms with Crippen LogP contribution in [0.1, 0.15) is 24.3 Å². The summed E-state index contributed by atoms with van der Waals surface area (Å²) in [5.41, 5.74) is 3.77. The quantitative estimate of drug-likeness (QED) is 0.939. The van der Waals surface area contributed by atoms with Gasteiger partial charge in [0.05, 0.1) is 0 Å². The van der Waals surface area contributed by atoms with Gasteiger partial charge in [0.1, 0.15) is 0 Å². The second-order valence-electron chi connectivity index (χ2n) is 5.80. The molecule has 1 aromatic carbocycles. The average Bonchev–Trinajstić information content (AvgIpc) is 2.56. The minimum absolute atomic E-state index is 0.587. The Kier molecular flexibility index (Phi) is 4.15. The van der Waals surface area contributed by atoms with Crippen molar-refractivity contribution in [3.8, 4) is 11.1 Å². The molecule has 0 bridgehead atoms. The largest absolute Gasteiger partial charge is 0.347 e. The normalized spacial score (nSPS) is 18.5. The minimum Gasteiger partial charge on any atom is -0.347 e. The summed E-state index contributed by atoms with van der Waals surface area (Å²) in [6.45, 7) is 2.20. The summed E-state index contributed by atoms with van der Waals surface area (Å²) in [7, 11) is 3.91. The predicted molar refractivity (Wildman–Crippen MR) is 86.6 cm³/mol. The molecule has 110 valence electrons. The van der Waals surface area contributed by atoms with Crippen LogP contribution in [0.4, 0.5) is 5.95 Å². The van der Waals surface area contributed by atoms with Gasteiger partial charge in [-0.3, -0.25) is 0 Å². The van der Waals surface area contributed by atoms with E-state index in [4.69, 9.17) is 0 Å². The van der Waals surface area contributed by atoms with Crippen LogP contribution in [0.25, 0.3) is 11.1 Å². The lowest BCUT2D eigenvalue weighted by molar-refractivity contribution is 0.462. The second kappa shape index (κ2) is 6.22. The lowest BCUT2D eigenvalue weighted by Crippen LogP contribution is -2.28. The third kappa shape index (κ3) is 3.05. The number of nitrogens with one attached hydrogen (secondary N) is 1. The van der Waals surface area contributed by atoms with Crippen LogP contribution in [0.15, 0.2) is 36.7 Å². The average molecular weight is 282 g/mol. The Labute approximate surface area is 126 Å². The summed E-state index contributed by atoms with van der Waals surface area (Å²) in [5.74, 6) is 1.33. The summed E-state index contributed by atoms with van der Waals surface area (Å²) in [6, 6.07) is 8.64. The van der Waals surface area contributed by atoms with Gasteiger partial charge in [-0.15, -0.1) is 0 Å². The van der Waals surface area contributed by atoms with Crippen molar-refractivity contribution in [3.63, 3.8) is 0 Å². The van der Waals surface area contributed by atoms with Gasteiger partial charge in [0.2, 0.25) is 5.95 Å². The van der Waals surface area contributed by atoms with E-state index in [-0.39, 0.29) is 0 Å². The number of aromatic nitrogens is 2. The SMILES string of the molecule is CN(C)c1ncc(-c2ccccc2C2CCCNC2)cn1. The Hall–Kier alpha value is -1.94. The van der Waals surface area contributed by atoms with Crippen molar-refractivity contribution < 1.29 is 0 Å². The first-order valence-electron chi connectivity index (χ1n) is 7.55. The van der Waals surface area contributed by atoms with Gasteiger partial charge in [0.25, 0.3) is 0 Å². The molecular weight excluding hydrogens is 260 g/mol. The van der Waals surface area contributed by atoms with Crippen LogP contribution in [-0.4, -0.2) is 37.2 Å². The molecule has 1 aromatic heterocycles. The molecule has 3 rings (SSSR count). The zero-order valence-corrected chi connectivity index (χ0v) is 12.7. The van der Waals surface area contributed by atoms with Crippen LogP contribution in [0, 0.1) is 0 Å². The van der Waals surface area contributed by atoms with E-state index in [9.17, 15) is 0 Å². The summed E-state index contributed by atoms with van der Waals surface area (Å²) >= 11 is 0. The van der Waals surface area contributed by atoms with Crippen molar-refractivity contribution in [3.05, 3.63) is 42.2 Å². The fourth-order valence-corrected chi connectivity index (χ4v) is 2.92. The zero-order valence-electron chi connectivity index (χ0n) is 12.7. The maximum absolute atomic E-state index is 4.44. The van der Waals surface area contributed by atoms with E-state index >= 15 is 0 Å². The highest BCUT2D eigenvalue weighted by Crippen LogP contribution is 2.32. The maximum atomic E-state index is 4.44. The molecule has 1 aliphatic heterocycles. The first-order valence-corrected chi connectivity index (χ1v) is 7.55. The minimum atomic E-state index is 0.587. The highest BCUT2D eigenvalue weighted by molar-refractivity contribution is 5.67. The van der Waals surface area contributed by atoms with Gasteiger partial charge < -0.3 is 10.2 Å². The zero-order chi connectivity index (χ0) is 14.7. The molecule has 2 aromatic rings. The molecule has 1 N–H and O–H groups in total. The molecular formula is C17H22N4. The lowest BCUT2D eigenvalue weighted by atomic mass is 9.87. The lowest BCUT2D eigenvalue weighted by Gasteiger charge is -2.25. The molecule has 0 amide bonds. The smallest absolute Gasteiger partial charge is 0.224 e. The van der Waals surface area contributed by atoms with Gasteiger partial charge in [0.15, 0.2) is 0 Å². The van der Waals surface area contributed by atoms with E-state index in [1.807, 2.05) is 31.4 Å². The summed E-state index contributed by atoms with van der Waals surface area (Å²) in [5, 5.41) is 3.50. The molecule has 4 nitrogen and oxygen atoms in total. The van der Waals surface area contributed by atoms with E-state index in [2.05, 4.69) is 39.6 Å². The highest BCUT2D eigenvalue weighted by Gasteiger charge is 2.18. The Morgan fingerprint density at radius 1 is 1.14 bits per heavy atom. The maximum Gasteiger partial charge on any atom is 0.224 e. The molecule has 0 spiro atoms. The molecule has 1 unspecified atom stereocenters. The number of rotatable bonds is 3. The summed E-state index contributed by atoms with van der Waals surface area (Å²) in [6.07, 6.45) is 6.35. The molecule has 0 saturated carbocycles. The molecule has 21 heavy (non-hydrogen) atoms. The van der Waals surface area contributed by atoms with Gasteiger partial charge in [-0.25, -0.2) is 9.97 Å². The van der Waals surface area contributed by atoms with Crippen LogP contribution < -0.4 is 10.2 Å². The predicted octanol–water partition coefficient (Wildman–Crippen LogP) is 2.68. The highest BCUT2D eigenvalue weighted by atomic mass is 15.2. The fourth-order valence-electron chi connectivity index (χ4n) is 2.92. The third-order valence-corrected chi connectivity index (χ3v) is 4.05. The van der Waals surface area contributed by atoms with Crippen LogP contribution in [0.5, 0.6) is 0 Å². The molecule has 1 saturated heterocycles. The number of hydrogen-bond donors (Lipinski definition) is 1. The third-order valence-electron chi connectivity index (χ3n) is 4.05. The van der Waals surface area contributed by atoms with Crippen molar-refractivity contribution in [1.29, 1.82) is 0 Å². The number of anilines is 1. The van der Waals surface area contributed by atoms with E-state index < -0.39 is 0 Å². The first kappa shape index (κ1) is 14.0. The molecule has 4 heteroatoms. The Morgan fingerprint density at radius 3 is 2.57 bits per heavy atom. The number of nitrogens with zero attached hydrogens (tertiary/aromatic N) is 3. The van der Waals surface area contributed by atoms with Gasteiger partial charge in [-0.05, 0) is 36.4 Å². The van der Waals surface area contributed by atoms with Crippen molar-refractivity contribution in [1.82, 2.24) is 15.3 Å². The fraction of sp³-hybridized carbons (Fsp3) is 0.412. The first-order chi connectivity index (χ1) is 10.3. The van der Waals surface area contributed by atoms with E-state index in [1.54, 1.807) is 0 Å². The van der Waals surface area contributed by atoms with Gasteiger partial charge >= 0.3 is 0 Å². The number of benzene rings is 1. The van der Waals surface area contributed by atoms with Crippen LogP contribution in [-0.2, 0) is 0 Å². The molecule has 1 fully saturated rings. The van der Waals surface area contributed by atoms with Gasteiger partial charge in [0, 0.05) is 38.6 Å². The van der Waals surface area contributed by atoms with Crippen molar-refractivity contribution >= 4 is 5.95 Å². The molecule has 1 aliphatic rings. The van der Waals surface area contributed by atoms with E-state index in [0.717, 1.165) is 24.6 Å².